The Kier molecular flexibility index (Phi) is 7.02. The molecule has 0 aliphatic heterocycles. The summed E-state index contributed by atoms with van der Waals surface area (Å²) in [6.45, 7) is 4.80. The molecule has 174 valence electrons. The molecule has 3 rings (SSSR count). The number of carbonyl (C=O) groups excluding carboxylic acids is 1. The number of halogens is 2. The molecule has 0 saturated carbocycles. The lowest BCUT2D eigenvalue weighted by atomic mass is 10.1. The molecule has 0 spiro atoms. The van der Waals surface area contributed by atoms with Crippen LogP contribution in [-0.2, 0) is 14.8 Å². The van der Waals surface area contributed by atoms with Gasteiger partial charge in [0, 0.05) is 6.07 Å². The number of anilines is 2. The van der Waals surface area contributed by atoms with Crippen LogP contribution in [0.15, 0.2) is 59.5 Å². The highest BCUT2D eigenvalue weighted by molar-refractivity contribution is 7.93. The van der Waals surface area contributed by atoms with E-state index in [4.69, 9.17) is 4.74 Å². The standard InChI is InChI=1S/C24H24F2N2O4S/c1-15-5-10-22(32-4)23(11-15)33(30,31)28(19-8-6-16(2)17(3)12-19)14-24(29)27-21-9-7-18(25)13-20(21)26/h5-13H,14H2,1-4H3,(H,27,29). The predicted molar refractivity (Wildman–Crippen MR) is 123 cm³/mol. The quantitative estimate of drug-likeness (QED) is 0.537. The molecule has 33 heavy (non-hydrogen) atoms. The zero-order valence-electron chi connectivity index (χ0n) is 18.6. The summed E-state index contributed by atoms with van der Waals surface area (Å²) in [5.74, 6) is -2.44. The van der Waals surface area contributed by atoms with Crippen LogP contribution in [0.1, 0.15) is 16.7 Å². The Labute approximate surface area is 191 Å². The van der Waals surface area contributed by atoms with Crippen molar-refractivity contribution in [1.82, 2.24) is 0 Å². The molecule has 0 atom stereocenters. The Hall–Kier alpha value is -3.46. The van der Waals surface area contributed by atoms with Crippen molar-refractivity contribution in [3.8, 4) is 5.75 Å². The van der Waals surface area contributed by atoms with Crippen LogP contribution >= 0.6 is 0 Å². The van der Waals surface area contributed by atoms with Gasteiger partial charge < -0.3 is 10.1 Å². The molecule has 1 N–H and O–H groups in total. The van der Waals surface area contributed by atoms with Gasteiger partial charge in [0.05, 0.1) is 18.5 Å². The Bertz CT molecular complexity index is 1310. The van der Waals surface area contributed by atoms with Gasteiger partial charge in [-0.3, -0.25) is 9.10 Å². The summed E-state index contributed by atoms with van der Waals surface area (Å²) in [4.78, 5) is 12.7. The molecule has 0 aromatic heterocycles. The minimum absolute atomic E-state index is 0.107. The maximum atomic E-state index is 14.0. The molecule has 0 fully saturated rings. The Morgan fingerprint density at radius 3 is 2.33 bits per heavy atom. The van der Waals surface area contributed by atoms with Crippen LogP contribution in [0.4, 0.5) is 20.2 Å². The zero-order valence-corrected chi connectivity index (χ0v) is 19.5. The van der Waals surface area contributed by atoms with Gasteiger partial charge in [-0.25, -0.2) is 17.2 Å². The molecule has 9 heteroatoms. The highest BCUT2D eigenvalue weighted by Crippen LogP contribution is 2.31. The van der Waals surface area contributed by atoms with E-state index in [1.807, 2.05) is 13.8 Å². The van der Waals surface area contributed by atoms with Crippen LogP contribution in [0.5, 0.6) is 5.75 Å². The number of amides is 1. The van der Waals surface area contributed by atoms with Crippen LogP contribution < -0.4 is 14.4 Å². The van der Waals surface area contributed by atoms with Crippen molar-refractivity contribution >= 4 is 27.3 Å². The van der Waals surface area contributed by atoms with Gasteiger partial charge in [0.1, 0.15) is 28.8 Å². The Balaban J connectivity index is 2.05. The highest BCUT2D eigenvalue weighted by Gasteiger charge is 2.30. The maximum Gasteiger partial charge on any atom is 0.268 e. The second-order valence-corrected chi connectivity index (χ2v) is 9.44. The van der Waals surface area contributed by atoms with Crippen LogP contribution in [0.2, 0.25) is 0 Å². The molecule has 0 heterocycles. The van der Waals surface area contributed by atoms with Crippen molar-refractivity contribution in [3.63, 3.8) is 0 Å². The lowest BCUT2D eigenvalue weighted by Crippen LogP contribution is -2.38. The maximum absolute atomic E-state index is 14.0. The molecule has 0 aliphatic carbocycles. The lowest BCUT2D eigenvalue weighted by molar-refractivity contribution is -0.114. The molecule has 3 aromatic carbocycles. The van der Waals surface area contributed by atoms with E-state index in [0.717, 1.165) is 27.6 Å². The van der Waals surface area contributed by atoms with Gasteiger partial charge in [0.2, 0.25) is 5.91 Å². The average Bonchev–Trinajstić information content (AvgIpc) is 2.76. The first-order valence-corrected chi connectivity index (χ1v) is 11.5. The molecule has 0 unspecified atom stereocenters. The summed E-state index contributed by atoms with van der Waals surface area (Å²) in [5.41, 5.74) is 2.46. The number of hydrogen-bond donors (Lipinski definition) is 1. The first-order valence-electron chi connectivity index (χ1n) is 10.0. The summed E-state index contributed by atoms with van der Waals surface area (Å²) in [6, 6.07) is 12.4. The molecule has 3 aromatic rings. The second kappa shape index (κ2) is 9.58. The molecule has 0 saturated heterocycles. The van der Waals surface area contributed by atoms with E-state index >= 15 is 0 Å². The van der Waals surface area contributed by atoms with Crippen LogP contribution in [-0.4, -0.2) is 28.0 Å². The largest absolute Gasteiger partial charge is 0.495 e. The van der Waals surface area contributed by atoms with E-state index in [-0.39, 0.29) is 22.0 Å². The highest BCUT2D eigenvalue weighted by atomic mass is 32.2. The lowest BCUT2D eigenvalue weighted by Gasteiger charge is -2.26. The predicted octanol–water partition coefficient (Wildman–Crippen LogP) is 4.73. The number of aryl methyl sites for hydroxylation is 3. The van der Waals surface area contributed by atoms with Crippen molar-refractivity contribution in [2.75, 3.05) is 23.3 Å². The smallest absolute Gasteiger partial charge is 0.268 e. The fourth-order valence-electron chi connectivity index (χ4n) is 3.21. The summed E-state index contributed by atoms with van der Waals surface area (Å²) in [7, 11) is -2.90. The van der Waals surface area contributed by atoms with Crippen molar-refractivity contribution in [2.45, 2.75) is 25.7 Å². The summed E-state index contributed by atoms with van der Waals surface area (Å²) in [6.07, 6.45) is 0. The van der Waals surface area contributed by atoms with Gasteiger partial charge in [0.25, 0.3) is 10.0 Å². The van der Waals surface area contributed by atoms with Gasteiger partial charge in [-0.15, -0.1) is 0 Å². The molecular formula is C24H24F2N2O4S. The van der Waals surface area contributed by atoms with E-state index in [0.29, 0.717) is 11.6 Å². The number of nitrogens with one attached hydrogen (secondary N) is 1. The molecular weight excluding hydrogens is 450 g/mol. The number of rotatable bonds is 7. The topological polar surface area (TPSA) is 75.7 Å². The van der Waals surface area contributed by atoms with Gasteiger partial charge in [0.15, 0.2) is 0 Å². The third-order valence-corrected chi connectivity index (χ3v) is 6.95. The zero-order chi connectivity index (χ0) is 24.3. The summed E-state index contributed by atoms with van der Waals surface area (Å²) in [5, 5.41) is 2.31. The SMILES string of the molecule is COc1ccc(C)cc1S(=O)(=O)N(CC(=O)Nc1ccc(F)cc1F)c1ccc(C)c(C)c1. The van der Waals surface area contributed by atoms with E-state index in [9.17, 15) is 22.0 Å². The normalized spacial score (nSPS) is 11.2. The second-order valence-electron chi connectivity index (χ2n) is 7.61. The first-order chi connectivity index (χ1) is 15.5. The first kappa shape index (κ1) is 24.2. The third-order valence-electron chi connectivity index (χ3n) is 5.16. The number of carbonyl (C=O) groups is 1. The molecule has 0 aliphatic rings. The molecule has 6 nitrogen and oxygen atoms in total. The number of ether oxygens (including phenoxy) is 1. The molecule has 1 amide bonds. The number of hydrogen-bond acceptors (Lipinski definition) is 4. The van der Waals surface area contributed by atoms with Gasteiger partial charge in [-0.2, -0.15) is 0 Å². The van der Waals surface area contributed by atoms with E-state index in [1.165, 1.54) is 19.2 Å². The van der Waals surface area contributed by atoms with Gasteiger partial charge in [-0.05, 0) is 73.9 Å². The molecule has 0 bridgehead atoms. The van der Waals surface area contributed by atoms with E-state index in [2.05, 4.69) is 5.32 Å². The van der Waals surface area contributed by atoms with Crippen molar-refractivity contribution in [1.29, 1.82) is 0 Å². The molecule has 0 radical (unpaired) electrons. The minimum Gasteiger partial charge on any atom is -0.495 e. The van der Waals surface area contributed by atoms with Crippen molar-refractivity contribution in [2.24, 2.45) is 0 Å². The van der Waals surface area contributed by atoms with Crippen molar-refractivity contribution < 1.29 is 26.7 Å². The van der Waals surface area contributed by atoms with E-state index in [1.54, 1.807) is 31.2 Å². The fourth-order valence-corrected chi connectivity index (χ4v) is 4.87. The van der Waals surface area contributed by atoms with Gasteiger partial charge in [-0.1, -0.05) is 12.1 Å². The Morgan fingerprint density at radius 2 is 1.70 bits per heavy atom. The number of benzene rings is 3. The number of sulfonamides is 1. The van der Waals surface area contributed by atoms with Crippen LogP contribution in [0.25, 0.3) is 0 Å². The monoisotopic (exact) mass is 474 g/mol. The summed E-state index contributed by atoms with van der Waals surface area (Å²) >= 11 is 0. The Morgan fingerprint density at radius 1 is 0.970 bits per heavy atom. The summed E-state index contributed by atoms with van der Waals surface area (Å²) < 4.78 is 60.8. The van der Waals surface area contributed by atoms with Crippen molar-refractivity contribution in [3.05, 3.63) is 82.9 Å². The van der Waals surface area contributed by atoms with Gasteiger partial charge >= 0.3 is 0 Å². The third kappa shape index (κ3) is 5.31. The number of nitrogens with zero attached hydrogens (tertiary/aromatic N) is 1. The van der Waals surface area contributed by atoms with Crippen LogP contribution in [0.3, 0.4) is 0 Å². The average molecular weight is 475 g/mol. The van der Waals surface area contributed by atoms with Crippen LogP contribution in [0, 0.1) is 32.4 Å². The number of methoxy groups -OCH3 is 1. The minimum atomic E-state index is -4.26. The fraction of sp³-hybridized carbons (Fsp3) is 0.208. The van der Waals surface area contributed by atoms with E-state index < -0.39 is 34.1 Å².